The smallest absolute Gasteiger partial charge is 0.0548 e. The van der Waals surface area contributed by atoms with E-state index in [-0.39, 0.29) is 6.10 Å². The van der Waals surface area contributed by atoms with Crippen molar-refractivity contribution >= 4 is 11.8 Å². The van der Waals surface area contributed by atoms with Gasteiger partial charge in [-0.25, -0.2) is 0 Å². The van der Waals surface area contributed by atoms with Gasteiger partial charge >= 0.3 is 0 Å². The lowest BCUT2D eigenvalue weighted by Gasteiger charge is -2.08. The van der Waals surface area contributed by atoms with Crippen LogP contribution in [0.5, 0.6) is 0 Å². The molecule has 0 aromatic carbocycles. The van der Waals surface area contributed by atoms with Crippen LogP contribution in [0.1, 0.15) is 58.3 Å². The molecule has 86 valence electrons. The molecule has 0 amide bonds. The maximum Gasteiger partial charge on any atom is 0.0548 e. The van der Waals surface area contributed by atoms with Crippen molar-refractivity contribution in [3.05, 3.63) is 0 Å². The molecule has 0 rings (SSSR count). The molecule has 0 aliphatic rings. The molecule has 0 spiro atoms. The van der Waals surface area contributed by atoms with E-state index in [1.165, 1.54) is 38.5 Å². The molecule has 0 radical (unpaired) electrons. The number of hydrogen-bond donors (Lipinski definition) is 1. The number of unbranched alkanes of at least 4 members (excludes halogenated alkanes) is 5. The maximum atomic E-state index is 9.57. The summed E-state index contributed by atoms with van der Waals surface area (Å²) in [5.74, 6) is 1.09. The van der Waals surface area contributed by atoms with Gasteiger partial charge in [-0.15, -0.1) is 0 Å². The predicted molar refractivity (Wildman–Crippen MR) is 67.0 cm³/mol. The van der Waals surface area contributed by atoms with Crippen LogP contribution in [0.2, 0.25) is 0 Å². The largest absolute Gasteiger partial charge is 0.393 e. The van der Waals surface area contributed by atoms with Crippen LogP contribution in [-0.4, -0.2) is 23.2 Å². The summed E-state index contributed by atoms with van der Waals surface area (Å²) in [6.45, 7) is 2.24. The van der Waals surface area contributed by atoms with Crippen LogP contribution in [0, 0.1) is 0 Å². The third-order valence-electron chi connectivity index (χ3n) is 2.55. The van der Waals surface area contributed by atoms with Gasteiger partial charge in [0.1, 0.15) is 0 Å². The normalized spacial score (nSPS) is 13.1. The van der Waals surface area contributed by atoms with Gasteiger partial charge < -0.3 is 5.11 Å². The molecule has 1 atom stereocenters. The highest BCUT2D eigenvalue weighted by atomic mass is 32.2. The quantitative estimate of drug-likeness (QED) is 0.562. The molecular weight excluding hydrogens is 192 g/mol. The van der Waals surface area contributed by atoms with Crippen molar-refractivity contribution in [3.63, 3.8) is 0 Å². The highest BCUT2D eigenvalue weighted by Gasteiger charge is 2.02. The Kier molecular flexibility index (Phi) is 11.6. The molecule has 0 aliphatic heterocycles. The average molecular weight is 218 g/mol. The fraction of sp³-hybridized carbons (Fsp3) is 1.00. The molecule has 2 heteroatoms. The summed E-state index contributed by atoms with van der Waals surface area (Å²) < 4.78 is 0. The molecule has 14 heavy (non-hydrogen) atoms. The zero-order valence-corrected chi connectivity index (χ0v) is 10.6. The van der Waals surface area contributed by atoms with Crippen LogP contribution < -0.4 is 0 Å². The van der Waals surface area contributed by atoms with Gasteiger partial charge in [0.15, 0.2) is 0 Å². The van der Waals surface area contributed by atoms with E-state index >= 15 is 0 Å². The Labute approximate surface area is 93.7 Å². The van der Waals surface area contributed by atoms with E-state index in [1.54, 1.807) is 0 Å². The Morgan fingerprint density at radius 1 is 1.00 bits per heavy atom. The maximum absolute atomic E-state index is 9.57. The van der Waals surface area contributed by atoms with E-state index in [4.69, 9.17) is 0 Å². The van der Waals surface area contributed by atoms with E-state index in [0.29, 0.717) is 0 Å². The predicted octanol–water partition coefficient (Wildman–Crippen LogP) is 3.85. The number of rotatable bonds is 10. The number of hydrogen-bond acceptors (Lipinski definition) is 2. The van der Waals surface area contributed by atoms with Gasteiger partial charge in [-0.2, -0.15) is 11.8 Å². The molecule has 0 heterocycles. The second-order valence-corrected chi connectivity index (χ2v) is 4.98. The van der Waals surface area contributed by atoms with Gasteiger partial charge in [0.2, 0.25) is 0 Å². The van der Waals surface area contributed by atoms with Gasteiger partial charge in [-0.1, -0.05) is 45.4 Å². The second kappa shape index (κ2) is 11.4. The molecule has 0 saturated heterocycles. The van der Waals surface area contributed by atoms with Crippen LogP contribution in [0.15, 0.2) is 0 Å². The van der Waals surface area contributed by atoms with Gasteiger partial charge in [-0.05, 0) is 24.9 Å². The molecule has 0 aromatic heterocycles. The van der Waals surface area contributed by atoms with Crippen LogP contribution in [-0.2, 0) is 0 Å². The number of aliphatic hydroxyl groups excluding tert-OH is 1. The Balaban J connectivity index is 3.02. The summed E-state index contributed by atoms with van der Waals surface area (Å²) in [5, 5.41) is 9.57. The van der Waals surface area contributed by atoms with E-state index in [1.807, 2.05) is 11.8 Å². The van der Waals surface area contributed by atoms with Crippen molar-refractivity contribution in [2.45, 2.75) is 64.4 Å². The van der Waals surface area contributed by atoms with E-state index in [9.17, 15) is 5.11 Å². The summed E-state index contributed by atoms with van der Waals surface area (Å²) in [5.41, 5.74) is 0. The third kappa shape index (κ3) is 10.4. The van der Waals surface area contributed by atoms with Gasteiger partial charge in [0, 0.05) is 0 Å². The minimum absolute atomic E-state index is 0.0476. The second-order valence-electron chi connectivity index (χ2n) is 3.99. The van der Waals surface area contributed by atoms with Gasteiger partial charge in [0.25, 0.3) is 0 Å². The van der Waals surface area contributed by atoms with E-state index < -0.39 is 0 Å². The monoisotopic (exact) mass is 218 g/mol. The zero-order chi connectivity index (χ0) is 10.6. The Morgan fingerprint density at radius 2 is 1.64 bits per heavy atom. The van der Waals surface area contributed by atoms with Crippen molar-refractivity contribution in [2.75, 3.05) is 12.0 Å². The molecule has 0 aliphatic carbocycles. The first-order chi connectivity index (χ1) is 6.81. The SMILES string of the molecule is CCCCCCCCC(O)CCSC. The van der Waals surface area contributed by atoms with Crippen molar-refractivity contribution < 1.29 is 5.11 Å². The third-order valence-corrected chi connectivity index (χ3v) is 3.19. The lowest BCUT2D eigenvalue weighted by Crippen LogP contribution is -2.07. The molecule has 1 nitrogen and oxygen atoms in total. The molecule has 0 saturated carbocycles. The number of aliphatic hydroxyl groups is 1. The first kappa shape index (κ1) is 14.3. The minimum atomic E-state index is -0.0476. The van der Waals surface area contributed by atoms with E-state index in [0.717, 1.165) is 18.6 Å². The topological polar surface area (TPSA) is 20.2 Å². The van der Waals surface area contributed by atoms with Crippen LogP contribution >= 0.6 is 11.8 Å². The summed E-state index contributed by atoms with van der Waals surface area (Å²) in [4.78, 5) is 0. The van der Waals surface area contributed by atoms with E-state index in [2.05, 4.69) is 13.2 Å². The first-order valence-electron chi connectivity index (χ1n) is 5.98. The first-order valence-corrected chi connectivity index (χ1v) is 7.37. The van der Waals surface area contributed by atoms with Crippen LogP contribution in [0.25, 0.3) is 0 Å². The fourth-order valence-electron chi connectivity index (χ4n) is 1.56. The average Bonchev–Trinajstić information content (AvgIpc) is 2.20. The van der Waals surface area contributed by atoms with Crippen LogP contribution in [0.3, 0.4) is 0 Å². The molecular formula is C12H26OS. The molecule has 1 N–H and O–H groups in total. The van der Waals surface area contributed by atoms with Crippen molar-refractivity contribution in [2.24, 2.45) is 0 Å². The molecule has 0 fully saturated rings. The summed E-state index contributed by atoms with van der Waals surface area (Å²) in [7, 11) is 0. The Morgan fingerprint density at radius 3 is 2.29 bits per heavy atom. The molecule has 1 unspecified atom stereocenters. The van der Waals surface area contributed by atoms with Gasteiger partial charge in [0.05, 0.1) is 6.10 Å². The lowest BCUT2D eigenvalue weighted by molar-refractivity contribution is 0.157. The summed E-state index contributed by atoms with van der Waals surface area (Å²) >= 11 is 1.82. The zero-order valence-electron chi connectivity index (χ0n) is 9.80. The highest BCUT2D eigenvalue weighted by molar-refractivity contribution is 7.98. The summed E-state index contributed by atoms with van der Waals surface area (Å²) in [6, 6.07) is 0. The Hall–Kier alpha value is 0.310. The molecule has 0 aromatic rings. The number of thioether (sulfide) groups is 1. The van der Waals surface area contributed by atoms with Crippen molar-refractivity contribution in [3.8, 4) is 0 Å². The highest BCUT2D eigenvalue weighted by Crippen LogP contribution is 2.11. The lowest BCUT2D eigenvalue weighted by atomic mass is 10.1. The van der Waals surface area contributed by atoms with Gasteiger partial charge in [-0.3, -0.25) is 0 Å². The minimum Gasteiger partial charge on any atom is -0.393 e. The Bertz CT molecular complexity index is 106. The standard InChI is InChI=1S/C12H26OS/c1-3-4-5-6-7-8-9-12(13)10-11-14-2/h12-13H,3-11H2,1-2H3. The summed E-state index contributed by atoms with van der Waals surface area (Å²) in [6.07, 6.45) is 11.9. The van der Waals surface area contributed by atoms with Crippen molar-refractivity contribution in [1.82, 2.24) is 0 Å². The van der Waals surface area contributed by atoms with Crippen molar-refractivity contribution in [1.29, 1.82) is 0 Å². The molecule has 0 bridgehead atoms. The fourth-order valence-corrected chi connectivity index (χ4v) is 2.07. The van der Waals surface area contributed by atoms with Crippen LogP contribution in [0.4, 0.5) is 0 Å².